The molecule has 1 amide bonds. The number of halogens is 1. The molecule has 0 fully saturated rings. The fourth-order valence-electron chi connectivity index (χ4n) is 3.42. The van der Waals surface area contributed by atoms with Crippen molar-refractivity contribution in [1.29, 1.82) is 0 Å². The zero-order valence-electron chi connectivity index (χ0n) is 18.6. The smallest absolute Gasteiger partial charge is 0.240 e. The first-order chi connectivity index (χ1) is 16.2. The van der Waals surface area contributed by atoms with Gasteiger partial charge in [0.15, 0.2) is 0 Å². The monoisotopic (exact) mass is 501 g/mol. The maximum Gasteiger partial charge on any atom is 0.240 e. The molecule has 1 aromatic heterocycles. The molecule has 178 valence electrons. The third kappa shape index (κ3) is 5.71. The zero-order valence-corrected chi connectivity index (χ0v) is 20.2. The van der Waals surface area contributed by atoms with Crippen molar-refractivity contribution < 1.29 is 17.9 Å². The number of carbonyl (C=O) groups is 1. The molecule has 0 radical (unpaired) electrons. The molecule has 0 atom stereocenters. The molecule has 0 aliphatic carbocycles. The van der Waals surface area contributed by atoms with Gasteiger partial charge in [0, 0.05) is 34.6 Å². The highest BCUT2D eigenvalue weighted by Gasteiger charge is 2.21. The topological polar surface area (TPSA) is 122 Å². The normalized spacial score (nSPS) is 13.1. The Bertz CT molecular complexity index is 1310. The number of nitrogens with zero attached hydrogens (tertiary/aromatic N) is 2. The third-order valence-corrected chi connectivity index (χ3v) is 6.70. The van der Waals surface area contributed by atoms with Gasteiger partial charge in [-0.3, -0.25) is 4.79 Å². The number of hydrogen-bond acceptors (Lipinski definition) is 7. The lowest BCUT2D eigenvalue weighted by Gasteiger charge is -2.12. The molecule has 0 bridgehead atoms. The summed E-state index contributed by atoms with van der Waals surface area (Å²) in [4.78, 5) is 21.3. The summed E-state index contributed by atoms with van der Waals surface area (Å²) in [5, 5.41) is 6.43. The number of ether oxygens (including phenoxy) is 1. The number of anilines is 3. The predicted octanol–water partition coefficient (Wildman–Crippen LogP) is 3.74. The number of rotatable bonds is 8. The molecule has 0 saturated heterocycles. The molecule has 1 aliphatic rings. The molecule has 0 saturated carbocycles. The number of benzene rings is 2. The lowest BCUT2D eigenvalue weighted by Crippen LogP contribution is -2.28. The molecule has 3 N–H and O–H groups in total. The molecule has 1 aliphatic heterocycles. The van der Waals surface area contributed by atoms with Crippen LogP contribution in [0.3, 0.4) is 0 Å². The molecule has 34 heavy (non-hydrogen) atoms. The standard InChI is InChI=1S/C23H24ClN5O4S/c1-14(2)33-10-9-26-34(31,32)18-6-4-17(5-7-18)27-23-25-13-15-11-21(30)28-20-12-16(24)3-8-19(20)22(15)29-23/h3-8,12-14,26H,9-11H2,1-2H3,(H,28,30)(H,25,27,29). The van der Waals surface area contributed by atoms with Crippen LogP contribution in [-0.2, 0) is 26.0 Å². The van der Waals surface area contributed by atoms with Crippen molar-refractivity contribution in [3.63, 3.8) is 0 Å². The van der Waals surface area contributed by atoms with Gasteiger partial charge in [0.2, 0.25) is 21.9 Å². The largest absolute Gasteiger partial charge is 0.377 e. The molecule has 0 spiro atoms. The number of nitrogens with one attached hydrogen (secondary N) is 3. The van der Waals surface area contributed by atoms with Gasteiger partial charge >= 0.3 is 0 Å². The van der Waals surface area contributed by atoms with E-state index >= 15 is 0 Å². The van der Waals surface area contributed by atoms with E-state index in [1.165, 1.54) is 12.1 Å². The van der Waals surface area contributed by atoms with Crippen molar-refractivity contribution in [2.45, 2.75) is 31.3 Å². The maximum absolute atomic E-state index is 12.5. The molecule has 2 heterocycles. The highest BCUT2D eigenvalue weighted by atomic mass is 35.5. The van der Waals surface area contributed by atoms with Gasteiger partial charge in [0.25, 0.3) is 0 Å². The lowest BCUT2D eigenvalue weighted by atomic mass is 10.1. The molecular weight excluding hydrogens is 478 g/mol. The molecule has 2 aromatic carbocycles. The van der Waals surface area contributed by atoms with Crippen LogP contribution in [0.2, 0.25) is 5.02 Å². The van der Waals surface area contributed by atoms with Gasteiger partial charge in [-0.15, -0.1) is 0 Å². The van der Waals surface area contributed by atoms with Gasteiger partial charge in [-0.1, -0.05) is 11.6 Å². The summed E-state index contributed by atoms with van der Waals surface area (Å²) >= 11 is 6.09. The first kappa shape index (κ1) is 24.1. The molecular formula is C23H24ClN5O4S. The van der Waals surface area contributed by atoms with E-state index < -0.39 is 10.0 Å². The Labute approximate surface area is 203 Å². The number of hydrogen-bond donors (Lipinski definition) is 3. The predicted molar refractivity (Wildman–Crippen MR) is 131 cm³/mol. The maximum atomic E-state index is 12.5. The van der Waals surface area contributed by atoms with E-state index in [9.17, 15) is 13.2 Å². The highest BCUT2D eigenvalue weighted by Crippen LogP contribution is 2.34. The van der Waals surface area contributed by atoms with Crippen molar-refractivity contribution >= 4 is 44.9 Å². The Morgan fingerprint density at radius 3 is 2.68 bits per heavy atom. The summed E-state index contributed by atoms with van der Waals surface area (Å²) in [6.07, 6.45) is 1.78. The van der Waals surface area contributed by atoms with Gasteiger partial charge in [-0.05, 0) is 56.3 Å². The van der Waals surface area contributed by atoms with Crippen molar-refractivity contribution in [3.8, 4) is 11.3 Å². The van der Waals surface area contributed by atoms with E-state index in [2.05, 4.69) is 25.3 Å². The van der Waals surface area contributed by atoms with Crippen LogP contribution >= 0.6 is 11.6 Å². The minimum Gasteiger partial charge on any atom is -0.377 e. The zero-order chi connectivity index (χ0) is 24.3. The number of carbonyl (C=O) groups excluding carboxylic acids is 1. The van der Waals surface area contributed by atoms with Gasteiger partial charge in [-0.25, -0.2) is 23.1 Å². The summed E-state index contributed by atoms with van der Waals surface area (Å²) in [5.41, 5.74) is 3.25. The Balaban J connectivity index is 1.51. The first-order valence-electron chi connectivity index (χ1n) is 10.7. The second-order valence-electron chi connectivity index (χ2n) is 7.95. The van der Waals surface area contributed by atoms with E-state index in [1.807, 2.05) is 13.8 Å². The Kier molecular flexibility index (Phi) is 7.13. The van der Waals surface area contributed by atoms with Crippen LogP contribution in [0.5, 0.6) is 0 Å². The van der Waals surface area contributed by atoms with Crippen LogP contribution in [0.25, 0.3) is 11.3 Å². The van der Waals surface area contributed by atoms with Crippen LogP contribution < -0.4 is 15.4 Å². The highest BCUT2D eigenvalue weighted by molar-refractivity contribution is 7.89. The number of fused-ring (bicyclic) bond motifs is 3. The van der Waals surface area contributed by atoms with Crippen LogP contribution in [0, 0.1) is 0 Å². The quantitative estimate of drug-likeness (QED) is 0.402. The summed E-state index contributed by atoms with van der Waals surface area (Å²) < 4.78 is 32.8. The summed E-state index contributed by atoms with van der Waals surface area (Å²) in [5.74, 6) is 0.140. The van der Waals surface area contributed by atoms with Gasteiger partial charge in [0.1, 0.15) is 0 Å². The van der Waals surface area contributed by atoms with Crippen LogP contribution in [0.1, 0.15) is 19.4 Å². The number of aromatic nitrogens is 2. The minimum atomic E-state index is -3.64. The van der Waals surface area contributed by atoms with Crippen molar-refractivity contribution in [3.05, 3.63) is 59.2 Å². The van der Waals surface area contributed by atoms with Crippen LogP contribution in [0.4, 0.5) is 17.3 Å². The lowest BCUT2D eigenvalue weighted by molar-refractivity contribution is -0.115. The average molecular weight is 502 g/mol. The van der Waals surface area contributed by atoms with E-state index in [-0.39, 0.29) is 29.9 Å². The summed E-state index contributed by atoms with van der Waals surface area (Å²) in [6.45, 7) is 4.26. The van der Waals surface area contributed by atoms with Crippen LogP contribution in [0.15, 0.2) is 53.6 Å². The molecule has 0 unspecified atom stereocenters. The van der Waals surface area contributed by atoms with E-state index in [0.717, 1.165) is 5.56 Å². The molecule has 9 nitrogen and oxygen atoms in total. The van der Waals surface area contributed by atoms with Gasteiger partial charge in [0.05, 0.1) is 35.4 Å². The van der Waals surface area contributed by atoms with Crippen molar-refractivity contribution in [2.75, 3.05) is 23.8 Å². The molecule has 11 heteroatoms. The Morgan fingerprint density at radius 2 is 1.94 bits per heavy atom. The fraction of sp³-hybridized carbons (Fsp3) is 0.261. The van der Waals surface area contributed by atoms with E-state index in [0.29, 0.717) is 40.2 Å². The van der Waals surface area contributed by atoms with Gasteiger partial charge in [-0.2, -0.15) is 0 Å². The van der Waals surface area contributed by atoms with E-state index in [4.69, 9.17) is 16.3 Å². The SMILES string of the molecule is CC(C)OCCNS(=O)(=O)c1ccc(Nc2ncc3c(n2)-c2ccc(Cl)cc2NC(=O)C3)cc1. The molecule has 4 rings (SSSR count). The minimum absolute atomic E-state index is 0.0353. The number of sulfonamides is 1. The second-order valence-corrected chi connectivity index (χ2v) is 10.2. The third-order valence-electron chi connectivity index (χ3n) is 4.99. The second kappa shape index (κ2) is 10.1. The summed E-state index contributed by atoms with van der Waals surface area (Å²) in [7, 11) is -3.64. The van der Waals surface area contributed by atoms with E-state index in [1.54, 1.807) is 36.5 Å². The van der Waals surface area contributed by atoms with Crippen molar-refractivity contribution in [1.82, 2.24) is 14.7 Å². The van der Waals surface area contributed by atoms with Gasteiger partial charge < -0.3 is 15.4 Å². The average Bonchev–Trinajstić information content (AvgIpc) is 2.91. The molecule has 3 aromatic rings. The summed E-state index contributed by atoms with van der Waals surface area (Å²) in [6, 6.07) is 11.5. The Hall–Kier alpha value is -3.05. The number of amides is 1. The first-order valence-corrected chi connectivity index (χ1v) is 12.5. The van der Waals surface area contributed by atoms with Crippen molar-refractivity contribution in [2.24, 2.45) is 0 Å². The Morgan fingerprint density at radius 1 is 1.18 bits per heavy atom. The fourth-order valence-corrected chi connectivity index (χ4v) is 4.61. The van der Waals surface area contributed by atoms with Crippen LogP contribution in [-0.4, -0.2) is 43.5 Å².